The summed E-state index contributed by atoms with van der Waals surface area (Å²) >= 11 is 0. The summed E-state index contributed by atoms with van der Waals surface area (Å²) in [6, 6.07) is 0. The number of rotatable bonds is 5. The van der Waals surface area contributed by atoms with Crippen LogP contribution in [0.1, 0.15) is 20.3 Å². The lowest BCUT2D eigenvalue weighted by atomic mass is 10.3. The van der Waals surface area contributed by atoms with E-state index in [4.69, 9.17) is 0 Å². The number of nitrogens with zero attached hydrogens (tertiary/aromatic N) is 1. The molecule has 1 heteroatoms. The lowest BCUT2D eigenvalue weighted by Gasteiger charge is -1.88. The molecule has 0 unspecified atom stereocenters. The van der Waals surface area contributed by atoms with Gasteiger partial charge in [-0.05, 0) is 26.3 Å². The van der Waals surface area contributed by atoms with E-state index in [-0.39, 0.29) is 0 Å². The van der Waals surface area contributed by atoms with Crippen molar-refractivity contribution in [1.82, 2.24) is 0 Å². The average molecular weight is 175 g/mol. The van der Waals surface area contributed by atoms with Crippen molar-refractivity contribution in [2.75, 3.05) is 0 Å². The van der Waals surface area contributed by atoms with Gasteiger partial charge in [-0.1, -0.05) is 30.4 Å². The van der Waals surface area contributed by atoms with E-state index in [0.29, 0.717) is 0 Å². The van der Waals surface area contributed by atoms with Crippen LogP contribution in [0.4, 0.5) is 0 Å². The standard InChI is InChI=1S/C12H17N/c1-5-6-7-10-13-12(4)9-8-11(2)3/h5,7-10H,1-2,6H2,3-4H3. The molecule has 13 heavy (non-hydrogen) atoms. The Kier molecular flexibility index (Phi) is 6.52. The number of hydrogen-bond donors (Lipinski definition) is 0. The summed E-state index contributed by atoms with van der Waals surface area (Å²) < 4.78 is 0. The van der Waals surface area contributed by atoms with Crippen LogP contribution in [0.15, 0.2) is 54.2 Å². The molecule has 0 saturated heterocycles. The number of allylic oxidation sites excluding steroid dienone is 5. The third kappa shape index (κ3) is 8.54. The Morgan fingerprint density at radius 1 is 1.31 bits per heavy atom. The van der Waals surface area contributed by atoms with Crippen molar-refractivity contribution in [3.05, 3.63) is 49.2 Å². The maximum absolute atomic E-state index is 4.19. The fourth-order valence-corrected chi connectivity index (χ4v) is 0.633. The normalized spacial score (nSPS) is 12.6. The summed E-state index contributed by atoms with van der Waals surface area (Å²) in [7, 11) is 0. The van der Waals surface area contributed by atoms with Crippen LogP contribution in [0.25, 0.3) is 0 Å². The monoisotopic (exact) mass is 175 g/mol. The van der Waals surface area contributed by atoms with Crippen LogP contribution >= 0.6 is 0 Å². The highest BCUT2D eigenvalue weighted by molar-refractivity contribution is 5.93. The van der Waals surface area contributed by atoms with Gasteiger partial charge in [0.05, 0.1) is 0 Å². The van der Waals surface area contributed by atoms with Crippen LogP contribution in [-0.2, 0) is 0 Å². The van der Waals surface area contributed by atoms with E-state index in [0.717, 1.165) is 17.7 Å². The highest BCUT2D eigenvalue weighted by Crippen LogP contribution is 1.92. The Morgan fingerprint density at radius 2 is 2.00 bits per heavy atom. The lowest BCUT2D eigenvalue weighted by molar-refractivity contribution is 1.37. The van der Waals surface area contributed by atoms with Crippen molar-refractivity contribution in [3.8, 4) is 0 Å². The first-order valence-electron chi connectivity index (χ1n) is 4.30. The minimum atomic E-state index is 0.862. The van der Waals surface area contributed by atoms with Crippen LogP contribution in [0, 0.1) is 0 Å². The fourth-order valence-electron chi connectivity index (χ4n) is 0.633. The molecule has 0 atom stereocenters. The molecule has 0 aromatic carbocycles. The summed E-state index contributed by atoms with van der Waals surface area (Å²) in [4.78, 5) is 4.19. The summed E-state index contributed by atoms with van der Waals surface area (Å²) in [5.74, 6) is 0. The average Bonchev–Trinajstić information content (AvgIpc) is 2.09. The molecule has 0 aliphatic heterocycles. The quantitative estimate of drug-likeness (QED) is 0.343. The molecular formula is C12H17N. The fraction of sp³-hybridized carbons (Fsp3) is 0.250. The van der Waals surface area contributed by atoms with Crippen molar-refractivity contribution >= 4 is 5.71 Å². The van der Waals surface area contributed by atoms with Crippen LogP contribution in [0.2, 0.25) is 0 Å². The van der Waals surface area contributed by atoms with E-state index in [2.05, 4.69) is 18.2 Å². The van der Waals surface area contributed by atoms with Gasteiger partial charge in [0.2, 0.25) is 0 Å². The smallest absolute Gasteiger partial charge is 0.0372 e. The van der Waals surface area contributed by atoms with E-state index < -0.39 is 0 Å². The molecule has 0 radical (unpaired) electrons. The second-order valence-electron chi connectivity index (χ2n) is 2.86. The van der Waals surface area contributed by atoms with Crippen molar-refractivity contribution in [3.63, 3.8) is 0 Å². The zero-order chi connectivity index (χ0) is 10.1. The van der Waals surface area contributed by atoms with Crippen LogP contribution in [0.5, 0.6) is 0 Å². The first-order valence-corrected chi connectivity index (χ1v) is 4.30. The number of aliphatic imine (C=N–C) groups is 1. The molecule has 0 aromatic heterocycles. The highest BCUT2D eigenvalue weighted by Gasteiger charge is 1.79. The van der Waals surface area contributed by atoms with Crippen molar-refractivity contribution in [1.29, 1.82) is 0 Å². The van der Waals surface area contributed by atoms with Gasteiger partial charge in [0, 0.05) is 11.9 Å². The third-order valence-electron chi connectivity index (χ3n) is 1.30. The van der Waals surface area contributed by atoms with Crippen molar-refractivity contribution < 1.29 is 0 Å². The Balaban J connectivity index is 4.02. The van der Waals surface area contributed by atoms with E-state index in [1.807, 2.05) is 38.2 Å². The summed E-state index contributed by atoms with van der Waals surface area (Å²) in [6.07, 6.45) is 10.3. The first kappa shape index (κ1) is 11.6. The molecular weight excluding hydrogens is 158 g/mol. The molecule has 0 fully saturated rings. The summed E-state index contributed by atoms with van der Waals surface area (Å²) in [5, 5.41) is 0. The maximum Gasteiger partial charge on any atom is 0.0372 e. The van der Waals surface area contributed by atoms with E-state index in [1.165, 1.54) is 0 Å². The molecule has 0 N–H and O–H groups in total. The Labute approximate surface area is 80.9 Å². The topological polar surface area (TPSA) is 12.4 Å². The molecule has 70 valence electrons. The molecule has 0 heterocycles. The molecule has 0 aliphatic carbocycles. The minimum absolute atomic E-state index is 0.862. The van der Waals surface area contributed by atoms with Crippen LogP contribution < -0.4 is 0 Å². The molecule has 0 spiro atoms. The van der Waals surface area contributed by atoms with Gasteiger partial charge >= 0.3 is 0 Å². The minimum Gasteiger partial charge on any atom is -0.262 e. The zero-order valence-corrected chi connectivity index (χ0v) is 8.46. The van der Waals surface area contributed by atoms with Gasteiger partial charge in [-0.25, -0.2) is 0 Å². The number of hydrogen-bond acceptors (Lipinski definition) is 1. The highest BCUT2D eigenvalue weighted by atomic mass is 14.7. The van der Waals surface area contributed by atoms with Gasteiger partial charge in [-0.15, -0.1) is 6.58 Å². The molecule has 0 amide bonds. The van der Waals surface area contributed by atoms with Gasteiger partial charge in [-0.3, -0.25) is 4.99 Å². The summed E-state index contributed by atoms with van der Waals surface area (Å²) in [5.41, 5.74) is 2.01. The van der Waals surface area contributed by atoms with Gasteiger partial charge < -0.3 is 0 Å². The Morgan fingerprint density at radius 3 is 2.54 bits per heavy atom. The van der Waals surface area contributed by atoms with Crippen LogP contribution in [0.3, 0.4) is 0 Å². The predicted molar refractivity (Wildman–Crippen MR) is 61.0 cm³/mol. The predicted octanol–water partition coefficient (Wildman–Crippen LogP) is 3.67. The van der Waals surface area contributed by atoms with Crippen molar-refractivity contribution in [2.24, 2.45) is 4.99 Å². The molecule has 0 rings (SSSR count). The van der Waals surface area contributed by atoms with Gasteiger partial charge in [0.25, 0.3) is 0 Å². The van der Waals surface area contributed by atoms with E-state index in [1.54, 1.807) is 6.20 Å². The zero-order valence-electron chi connectivity index (χ0n) is 8.46. The second kappa shape index (κ2) is 7.29. The first-order chi connectivity index (χ1) is 6.16. The van der Waals surface area contributed by atoms with E-state index in [9.17, 15) is 0 Å². The van der Waals surface area contributed by atoms with Crippen LogP contribution in [-0.4, -0.2) is 5.71 Å². The molecule has 0 aliphatic rings. The summed E-state index contributed by atoms with van der Waals surface area (Å²) in [6.45, 7) is 11.3. The Hall–Kier alpha value is -1.37. The SMILES string of the molecule is C=CCC=CN=C(C)C=CC(=C)C. The largest absolute Gasteiger partial charge is 0.262 e. The van der Waals surface area contributed by atoms with Gasteiger partial charge in [-0.2, -0.15) is 0 Å². The third-order valence-corrected chi connectivity index (χ3v) is 1.30. The van der Waals surface area contributed by atoms with Crippen molar-refractivity contribution in [2.45, 2.75) is 20.3 Å². The Bertz CT molecular complexity index is 254. The van der Waals surface area contributed by atoms with Gasteiger partial charge in [0.15, 0.2) is 0 Å². The molecule has 0 aromatic rings. The van der Waals surface area contributed by atoms with Gasteiger partial charge in [0.1, 0.15) is 0 Å². The molecule has 0 saturated carbocycles. The molecule has 1 nitrogen and oxygen atoms in total. The molecule has 0 bridgehead atoms. The maximum atomic E-state index is 4.19. The van der Waals surface area contributed by atoms with E-state index >= 15 is 0 Å². The lowest BCUT2D eigenvalue weighted by Crippen LogP contribution is -1.81. The second-order valence-corrected chi connectivity index (χ2v) is 2.86.